The van der Waals surface area contributed by atoms with Crippen LogP contribution in [-0.2, 0) is 21.0 Å². The van der Waals surface area contributed by atoms with Crippen molar-refractivity contribution in [3.05, 3.63) is 32.9 Å². The van der Waals surface area contributed by atoms with Crippen molar-refractivity contribution in [1.29, 1.82) is 0 Å². The lowest BCUT2D eigenvalue weighted by Gasteiger charge is -2.09. The maximum atomic E-state index is 13.3. The lowest BCUT2D eigenvalue weighted by molar-refractivity contribution is -0.145. The van der Waals surface area contributed by atoms with Crippen LogP contribution >= 0.6 is 0 Å². The molecule has 8 nitrogen and oxygen atoms in total. The number of nitrogens with zero attached hydrogens (tertiary/aromatic N) is 2. The monoisotopic (exact) mass is 274 g/mol. The third-order valence-corrected chi connectivity index (χ3v) is 1.99. The van der Waals surface area contributed by atoms with Crippen molar-refractivity contribution in [1.82, 2.24) is 9.13 Å². The molecule has 0 aliphatic rings. The average molecular weight is 274 g/mol. The number of halogens is 1. The maximum absolute atomic E-state index is 13.3. The van der Waals surface area contributed by atoms with Crippen molar-refractivity contribution in [2.45, 2.75) is 20.6 Å². The minimum Gasteiger partial charge on any atom is -0.449 e. The molecule has 1 aromatic heterocycles. The molecular formula is C10H11FN2O6. The molecule has 0 N–H and O–H groups in total. The van der Waals surface area contributed by atoms with E-state index in [0.717, 1.165) is 6.92 Å². The van der Waals surface area contributed by atoms with Gasteiger partial charge in [0.25, 0.3) is 5.56 Å². The zero-order chi connectivity index (χ0) is 14.6. The van der Waals surface area contributed by atoms with Gasteiger partial charge in [-0.1, -0.05) is 0 Å². The molecule has 104 valence electrons. The number of rotatable bonds is 3. The molecule has 0 bridgehead atoms. The van der Waals surface area contributed by atoms with Crippen LogP contribution in [0, 0.1) is 5.82 Å². The summed E-state index contributed by atoms with van der Waals surface area (Å²) in [4.78, 5) is 45.1. The summed E-state index contributed by atoms with van der Waals surface area (Å²) in [6, 6.07) is 0. The molecule has 19 heavy (non-hydrogen) atoms. The number of esters is 1. The molecule has 1 heterocycles. The second-order valence-electron chi connectivity index (χ2n) is 3.33. The molecule has 0 atom stereocenters. The standard InChI is InChI=1S/C10H11FN2O6/c1-3-18-10(17)12-4-7(11)8(15)13(9(12)16)5-19-6(2)14/h4H,3,5H2,1-2H3. The largest absolute Gasteiger partial charge is 0.449 e. The second kappa shape index (κ2) is 5.94. The highest BCUT2D eigenvalue weighted by Crippen LogP contribution is 1.91. The lowest BCUT2D eigenvalue weighted by Crippen LogP contribution is -2.44. The van der Waals surface area contributed by atoms with E-state index in [4.69, 9.17) is 0 Å². The number of hydrogen-bond acceptors (Lipinski definition) is 6. The molecule has 0 amide bonds. The zero-order valence-electron chi connectivity index (χ0n) is 10.2. The molecule has 0 radical (unpaired) electrons. The fourth-order valence-electron chi connectivity index (χ4n) is 1.16. The first-order valence-electron chi connectivity index (χ1n) is 5.21. The van der Waals surface area contributed by atoms with E-state index in [1.807, 2.05) is 0 Å². The van der Waals surface area contributed by atoms with Crippen LogP contribution in [0.5, 0.6) is 0 Å². The Morgan fingerprint density at radius 3 is 2.47 bits per heavy atom. The van der Waals surface area contributed by atoms with Crippen LogP contribution in [0.2, 0.25) is 0 Å². The van der Waals surface area contributed by atoms with E-state index < -0.39 is 35.9 Å². The Labute approximate surface area is 106 Å². The zero-order valence-corrected chi connectivity index (χ0v) is 10.2. The first kappa shape index (κ1) is 14.6. The van der Waals surface area contributed by atoms with Gasteiger partial charge in [-0.3, -0.25) is 9.59 Å². The minimum atomic E-state index is -1.35. The van der Waals surface area contributed by atoms with E-state index in [0.29, 0.717) is 6.20 Å². The Bertz CT molecular complexity index is 617. The Hall–Kier alpha value is -2.45. The van der Waals surface area contributed by atoms with Gasteiger partial charge in [0.2, 0.25) is 5.82 Å². The molecule has 0 fully saturated rings. The van der Waals surface area contributed by atoms with Gasteiger partial charge < -0.3 is 9.47 Å². The number of aromatic nitrogens is 2. The maximum Gasteiger partial charge on any atom is 0.422 e. The van der Waals surface area contributed by atoms with Crippen LogP contribution in [0.25, 0.3) is 0 Å². The highest BCUT2D eigenvalue weighted by molar-refractivity contribution is 5.69. The summed E-state index contributed by atoms with van der Waals surface area (Å²) in [5.41, 5.74) is -2.46. The number of carbonyl (C=O) groups is 2. The molecule has 0 aromatic carbocycles. The molecule has 1 rings (SSSR count). The molecular weight excluding hydrogens is 263 g/mol. The predicted octanol–water partition coefficient (Wildman–Crippen LogP) is -0.326. The predicted molar refractivity (Wildman–Crippen MR) is 59.1 cm³/mol. The third kappa shape index (κ3) is 3.27. The van der Waals surface area contributed by atoms with Gasteiger partial charge in [-0.25, -0.2) is 18.7 Å². The van der Waals surface area contributed by atoms with Gasteiger partial charge in [0.15, 0.2) is 6.73 Å². The topological polar surface area (TPSA) is 96.6 Å². The van der Waals surface area contributed by atoms with Gasteiger partial charge in [-0.05, 0) is 6.92 Å². The summed E-state index contributed by atoms with van der Waals surface area (Å²) in [6.07, 6.45) is -0.713. The molecule has 0 saturated heterocycles. The second-order valence-corrected chi connectivity index (χ2v) is 3.33. The highest BCUT2D eigenvalue weighted by Gasteiger charge is 2.17. The number of ether oxygens (including phenoxy) is 2. The van der Waals surface area contributed by atoms with Crippen molar-refractivity contribution in [3.63, 3.8) is 0 Å². The summed E-state index contributed by atoms with van der Waals surface area (Å²) in [5.74, 6) is -2.11. The van der Waals surface area contributed by atoms with E-state index in [2.05, 4.69) is 9.47 Å². The Morgan fingerprint density at radius 2 is 1.95 bits per heavy atom. The van der Waals surface area contributed by atoms with Gasteiger partial charge in [0.1, 0.15) is 0 Å². The normalized spacial score (nSPS) is 10.1. The third-order valence-electron chi connectivity index (χ3n) is 1.99. The molecule has 0 aliphatic carbocycles. The van der Waals surface area contributed by atoms with Gasteiger partial charge in [0.05, 0.1) is 12.8 Å². The van der Waals surface area contributed by atoms with Crippen molar-refractivity contribution >= 4 is 12.1 Å². The summed E-state index contributed by atoms with van der Waals surface area (Å²) < 4.78 is 22.8. The van der Waals surface area contributed by atoms with Crippen LogP contribution in [0.3, 0.4) is 0 Å². The summed E-state index contributed by atoms with van der Waals surface area (Å²) in [7, 11) is 0. The Kier molecular flexibility index (Phi) is 4.56. The van der Waals surface area contributed by atoms with Gasteiger partial charge >= 0.3 is 17.8 Å². The number of hydrogen-bond donors (Lipinski definition) is 0. The minimum absolute atomic E-state index is 0.0318. The summed E-state index contributed by atoms with van der Waals surface area (Å²) in [5, 5.41) is 0. The van der Waals surface area contributed by atoms with E-state index in [1.165, 1.54) is 6.92 Å². The fourth-order valence-corrected chi connectivity index (χ4v) is 1.16. The van der Waals surface area contributed by atoms with Crippen LogP contribution < -0.4 is 11.2 Å². The van der Waals surface area contributed by atoms with Gasteiger partial charge in [-0.2, -0.15) is 4.39 Å². The van der Waals surface area contributed by atoms with Crippen molar-refractivity contribution < 1.29 is 23.5 Å². The van der Waals surface area contributed by atoms with Crippen LogP contribution in [0.4, 0.5) is 9.18 Å². The molecule has 0 saturated carbocycles. The van der Waals surface area contributed by atoms with Crippen LogP contribution in [0.1, 0.15) is 13.8 Å². The average Bonchev–Trinajstić information content (AvgIpc) is 2.33. The fraction of sp³-hybridized carbons (Fsp3) is 0.400. The molecule has 1 aromatic rings. The van der Waals surface area contributed by atoms with E-state index in [1.54, 1.807) is 0 Å². The van der Waals surface area contributed by atoms with Crippen LogP contribution in [-0.4, -0.2) is 27.8 Å². The smallest absolute Gasteiger partial charge is 0.422 e. The first-order valence-corrected chi connectivity index (χ1v) is 5.21. The lowest BCUT2D eigenvalue weighted by atomic mass is 10.6. The summed E-state index contributed by atoms with van der Waals surface area (Å²) in [6.45, 7) is 1.72. The van der Waals surface area contributed by atoms with E-state index in [9.17, 15) is 23.6 Å². The van der Waals surface area contributed by atoms with Crippen LogP contribution in [0.15, 0.2) is 15.8 Å². The van der Waals surface area contributed by atoms with E-state index >= 15 is 0 Å². The Balaban J connectivity index is 3.30. The van der Waals surface area contributed by atoms with Gasteiger partial charge in [0, 0.05) is 6.92 Å². The first-order chi connectivity index (χ1) is 8.88. The molecule has 9 heteroatoms. The van der Waals surface area contributed by atoms with Crippen molar-refractivity contribution in [2.24, 2.45) is 0 Å². The molecule has 0 unspecified atom stereocenters. The highest BCUT2D eigenvalue weighted by atomic mass is 19.1. The molecule has 0 aliphatic heterocycles. The van der Waals surface area contributed by atoms with Crippen molar-refractivity contribution in [2.75, 3.05) is 6.61 Å². The van der Waals surface area contributed by atoms with Crippen molar-refractivity contribution in [3.8, 4) is 0 Å². The summed E-state index contributed by atoms with van der Waals surface area (Å²) >= 11 is 0. The Morgan fingerprint density at radius 1 is 1.32 bits per heavy atom. The van der Waals surface area contributed by atoms with E-state index in [-0.39, 0.29) is 15.7 Å². The van der Waals surface area contributed by atoms with Gasteiger partial charge in [-0.15, -0.1) is 0 Å². The SMILES string of the molecule is CCOC(=O)n1cc(F)c(=O)n(COC(C)=O)c1=O. The number of carbonyl (C=O) groups excluding carboxylic acids is 2. The molecule has 0 spiro atoms. The quantitative estimate of drug-likeness (QED) is 0.700.